The lowest BCUT2D eigenvalue weighted by Crippen LogP contribution is -2.41. The largest absolute Gasteiger partial charge is 0.493 e. The van der Waals surface area contributed by atoms with Crippen LogP contribution in [-0.4, -0.2) is 41.6 Å². The molecule has 8 heteroatoms. The Morgan fingerprint density at radius 2 is 2.00 bits per heavy atom. The van der Waals surface area contributed by atoms with E-state index in [9.17, 15) is 4.79 Å². The second-order valence-corrected chi connectivity index (χ2v) is 7.29. The standard InChI is InChI=1S/C20H29N5O3/c1-13(2)18(19-24-23-17-6-5-11-25(17)19)22-20(26)21-10-9-14-7-8-15(27-3)16(12-14)28-4/h7-8,12-13,18H,5-6,9-11H2,1-4H3,(H2,21,22,26). The fourth-order valence-electron chi connectivity index (χ4n) is 3.48. The predicted molar refractivity (Wildman–Crippen MR) is 106 cm³/mol. The summed E-state index contributed by atoms with van der Waals surface area (Å²) in [5.74, 6) is 3.45. The second-order valence-electron chi connectivity index (χ2n) is 7.29. The lowest BCUT2D eigenvalue weighted by molar-refractivity contribution is 0.231. The lowest BCUT2D eigenvalue weighted by atomic mass is 10.0. The number of fused-ring (bicyclic) bond motifs is 1. The van der Waals surface area contributed by atoms with Gasteiger partial charge in [0, 0.05) is 19.5 Å². The number of ether oxygens (including phenoxy) is 2. The van der Waals surface area contributed by atoms with Gasteiger partial charge in [0.05, 0.1) is 20.3 Å². The number of carbonyl (C=O) groups excluding carboxylic acids is 1. The number of amides is 2. The van der Waals surface area contributed by atoms with E-state index in [1.54, 1.807) is 14.2 Å². The van der Waals surface area contributed by atoms with Crippen molar-refractivity contribution in [3.63, 3.8) is 0 Å². The molecular formula is C20H29N5O3. The average Bonchev–Trinajstić information content (AvgIpc) is 3.29. The Morgan fingerprint density at radius 3 is 2.71 bits per heavy atom. The van der Waals surface area contributed by atoms with Crippen LogP contribution in [0.3, 0.4) is 0 Å². The second kappa shape index (κ2) is 8.95. The van der Waals surface area contributed by atoms with Crippen molar-refractivity contribution in [2.45, 2.75) is 45.7 Å². The molecule has 2 heterocycles. The summed E-state index contributed by atoms with van der Waals surface area (Å²) in [6, 6.07) is 5.40. The maximum Gasteiger partial charge on any atom is 0.315 e. The normalized spacial score (nSPS) is 13.9. The summed E-state index contributed by atoms with van der Waals surface area (Å²) in [7, 11) is 3.22. The van der Waals surface area contributed by atoms with Gasteiger partial charge in [0.1, 0.15) is 5.82 Å². The number of urea groups is 1. The molecule has 152 valence electrons. The maximum atomic E-state index is 12.4. The maximum absolute atomic E-state index is 12.4. The highest BCUT2D eigenvalue weighted by Gasteiger charge is 2.27. The Bertz CT molecular complexity index is 818. The Balaban J connectivity index is 1.55. The fraction of sp³-hybridized carbons (Fsp3) is 0.550. The van der Waals surface area contributed by atoms with Gasteiger partial charge in [-0.3, -0.25) is 0 Å². The number of nitrogens with one attached hydrogen (secondary N) is 2. The molecule has 3 rings (SSSR count). The molecule has 1 unspecified atom stereocenters. The number of nitrogens with zero attached hydrogens (tertiary/aromatic N) is 3. The smallest absolute Gasteiger partial charge is 0.315 e. The number of rotatable bonds is 8. The molecule has 1 aromatic heterocycles. The van der Waals surface area contributed by atoms with Crippen LogP contribution in [0.15, 0.2) is 18.2 Å². The van der Waals surface area contributed by atoms with E-state index in [1.807, 2.05) is 18.2 Å². The molecule has 0 spiro atoms. The monoisotopic (exact) mass is 387 g/mol. The topological polar surface area (TPSA) is 90.3 Å². The van der Waals surface area contributed by atoms with Gasteiger partial charge in [-0.2, -0.15) is 0 Å². The third-order valence-corrected chi connectivity index (χ3v) is 5.02. The Kier molecular flexibility index (Phi) is 6.38. The van der Waals surface area contributed by atoms with Gasteiger partial charge in [-0.1, -0.05) is 19.9 Å². The fourth-order valence-corrected chi connectivity index (χ4v) is 3.48. The summed E-state index contributed by atoms with van der Waals surface area (Å²) in [4.78, 5) is 12.4. The van der Waals surface area contributed by atoms with Gasteiger partial charge in [0.25, 0.3) is 0 Å². The van der Waals surface area contributed by atoms with Gasteiger partial charge in [0.2, 0.25) is 0 Å². The Hall–Kier alpha value is -2.77. The van der Waals surface area contributed by atoms with E-state index in [1.165, 1.54) is 0 Å². The van der Waals surface area contributed by atoms with Crippen molar-refractivity contribution in [3.05, 3.63) is 35.4 Å². The third kappa shape index (κ3) is 4.37. The summed E-state index contributed by atoms with van der Waals surface area (Å²) in [6.45, 7) is 5.59. The quantitative estimate of drug-likeness (QED) is 0.726. The van der Waals surface area contributed by atoms with Crippen LogP contribution in [0.5, 0.6) is 11.5 Å². The molecule has 0 aliphatic carbocycles. The highest BCUT2D eigenvalue weighted by atomic mass is 16.5. The zero-order valence-corrected chi connectivity index (χ0v) is 17.0. The van der Waals surface area contributed by atoms with Crippen molar-refractivity contribution in [3.8, 4) is 11.5 Å². The van der Waals surface area contributed by atoms with Gasteiger partial charge in [-0.05, 0) is 36.5 Å². The van der Waals surface area contributed by atoms with Gasteiger partial charge in [-0.25, -0.2) is 4.79 Å². The van der Waals surface area contributed by atoms with E-state index >= 15 is 0 Å². The van der Waals surface area contributed by atoms with Crippen molar-refractivity contribution in [1.29, 1.82) is 0 Å². The molecule has 1 atom stereocenters. The van der Waals surface area contributed by atoms with Crippen LogP contribution in [0, 0.1) is 5.92 Å². The Morgan fingerprint density at radius 1 is 1.21 bits per heavy atom. The van der Waals surface area contributed by atoms with E-state index in [0.29, 0.717) is 24.5 Å². The zero-order chi connectivity index (χ0) is 20.1. The summed E-state index contributed by atoms with van der Waals surface area (Å²) in [6.07, 6.45) is 2.73. The van der Waals surface area contributed by atoms with Crippen LogP contribution in [0.1, 0.15) is 43.5 Å². The molecule has 0 radical (unpaired) electrons. The molecule has 2 aromatic rings. The minimum absolute atomic E-state index is 0.166. The lowest BCUT2D eigenvalue weighted by Gasteiger charge is -2.22. The summed E-state index contributed by atoms with van der Waals surface area (Å²) in [5, 5.41) is 14.6. The van der Waals surface area contributed by atoms with Gasteiger partial charge < -0.3 is 24.7 Å². The highest BCUT2D eigenvalue weighted by Crippen LogP contribution is 2.27. The molecule has 1 aliphatic heterocycles. The van der Waals surface area contributed by atoms with Crippen LogP contribution in [-0.2, 0) is 19.4 Å². The minimum Gasteiger partial charge on any atom is -0.493 e. The summed E-state index contributed by atoms with van der Waals surface area (Å²) in [5.41, 5.74) is 1.06. The summed E-state index contributed by atoms with van der Waals surface area (Å²) >= 11 is 0. The molecule has 2 N–H and O–H groups in total. The molecule has 0 fully saturated rings. The van der Waals surface area contributed by atoms with Crippen molar-refractivity contribution in [1.82, 2.24) is 25.4 Å². The van der Waals surface area contributed by atoms with E-state index in [0.717, 1.165) is 36.6 Å². The first-order valence-corrected chi connectivity index (χ1v) is 9.70. The molecule has 0 saturated heterocycles. The first-order chi connectivity index (χ1) is 13.5. The number of aryl methyl sites for hydroxylation is 1. The average molecular weight is 387 g/mol. The molecule has 0 bridgehead atoms. The number of hydrogen-bond acceptors (Lipinski definition) is 5. The van der Waals surface area contributed by atoms with Crippen molar-refractivity contribution >= 4 is 6.03 Å². The molecular weight excluding hydrogens is 358 g/mol. The number of methoxy groups -OCH3 is 2. The SMILES string of the molecule is COc1ccc(CCNC(=O)NC(c2nnc3n2CCC3)C(C)C)cc1OC. The number of benzene rings is 1. The van der Waals surface area contributed by atoms with E-state index < -0.39 is 0 Å². The van der Waals surface area contributed by atoms with Gasteiger partial charge >= 0.3 is 6.03 Å². The number of hydrogen-bond donors (Lipinski definition) is 2. The molecule has 0 saturated carbocycles. The Labute approximate surface area is 165 Å². The van der Waals surface area contributed by atoms with Crippen LogP contribution in [0.25, 0.3) is 0 Å². The molecule has 28 heavy (non-hydrogen) atoms. The van der Waals surface area contributed by atoms with Gasteiger partial charge in [-0.15, -0.1) is 10.2 Å². The zero-order valence-electron chi connectivity index (χ0n) is 17.0. The van der Waals surface area contributed by atoms with Crippen LogP contribution in [0.2, 0.25) is 0 Å². The first kappa shape index (κ1) is 20.0. The van der Waals surface area contributed by atoms with Crippen LogP contribution >= 0.6 is 0 Å². The van der Waals surface area contributed by atoms with E-state index in [4.69, 9.17) is 9.47 Å². The molecule has 2 amide bonds. The minimum atomic E-state index is -0.200. The number of carbonyl (C=O) groups is 1. The van der Waals surface area contributed by atoms with Crippen molar-refractivity contribution < 1.29 is 14.3 Å². The molecule has 8 nitrogen and oxygen atoms in total. The van der Waals surface area contributed by atoms with Crippen LogP contribution < -0.4 is 20.1 Å². The van der Waals surface area contributed by atoms with Crippen LogP contribution in [0.4, 0.5) is 4.79 Å². The van der Waals surface area contributed by atoms with Gasteiger partial charge in [0.15, 0.2) is 17.3 Å². The van der Waals surface area contributed by atoms with Crippen molar-refractivity contribution in [2.75, 3.05) is 20.8 Å². The highest BCUT2D eigenvalue weighted by molar-refractivity contribution is 5.74. The predicted octanol–water partition coefficient (Wildman–Crippen LogP) is 2.48. The van der Waals surface area contributed by atoms with E-state index in [2.05, 4.69) is 39.2 Å². The first-order valence-electron chi connectivity index (χ1n) is 9.70. The third-order valence-electron chi connectivity index (χ3n) is 5.02. The van der Waals surface area contributed by atoms with E-state index in [-0.39, 0.29) is 18.0 Å². The number of aromatic nitrogens is 3. The molecule has 1 aromatic carbocycles. The summed E-state index contributed by atoms with van der Waals surface area (Å²) < 4.78 is 12.7. The van der Waals surface area contributed by atoms with Crippen molar-refractivity contribution in [2.24, 2.45) is 5.92 Å². The molecule has 1 aliphatic rings.